The van der Waals surface area contributed by atoms with Gasteiger partial charge >= 0.3 is 0 Å². The SMILES string of the molecule is CS(=O)(=O)N1C[C@H]2CN(Cc3cccc4c3OCO4)C[C@H]2[C@@H]1c1ccccc1. The summed E-state index contributed by atoms with van der Waals surface area (Å²) in [6.45, 7) is 3.42. The van der Waals surface area contributed by atoms with Crippen LogP contribution in [-0.2, 0) is 16.6 Å². The Kier molecular flexibility index (Phi) is 4.34. The van der Waals surface area contributed by atoms with Gasteiger partial charge in [-0.15, -0.1) is 0 Å². The Morgan fingerprint density at radius 2 is 1.82 bits per heavy atom. The highest BCUT2D eigenvalue weighted by Crippen LogP contribution is 2.47. The molecule has 3 aliphatic rings. The van der Waals surface area contributed by atoms with Crippen molar-refractivity contribution < 1.29 is 17.9 Å². The van der Waals surface area contributed by atoms with Crippen LogP contribution < -0.4 is 9.47 Å². The van der Waals surface area contributed by atoms with Crippen LogP contribution in [0.5, 0.6) is 11.5 Å². The van der Waals surface area contributed by atoms with Gasteiger partial charge in [0.2, 0.25) is 16.8 Å². The molecule has 0 amide bonds. The summed E-state index contributed by atoms with van der Waals surface area (Å²) in [5, 5.41) is 0. The van der Waals surface area contributed by atoms with Gasteiger partial charge in [-0.05, 0) is 23.5 Å². The largest absolute Gasteiger partial charge is 0.454 e. The van der Waals surface area contributed by atoms with Crippen LogP contribution in [0, 0.1) is 11.8 Å². The van der Waals surface area contributed by atoms with Crippen LogP contribution in [0.15, 0.2) is 48.5 Å². The third-order valence-corrected chi connectivity index (χ3v) is 7.36. The molecule has 0 saturated carbocycles. The van der Waals surface area contributed by atoms with E-state index in [2.05, 4.69) is 11.0 Å². The van der Waals surface area contributed by atoms with Crippen LogP contribution in [0.3, 0.4) is 0 Å². The Bertz CT molecular complexity index is 979. The standard InChI is InChI=1S/C21H24N2O4S/c1-28(24,25)23-12-17-11-22(10-16-8-5-9-19-21(16)27-14-26-19)13-18(17)20(23)15-6-3-2-4-7-15/h2-9,17-18,20H,10-14H2,1H3/t17-,18-,20+/m1/s1. The van der Waals surface area contributed by atoms with Gasteiger partial charge in [-0.3, -0.25) is 4.90 Å². The first-order valence-electron chi connectivity index (χ1n) is 9.62. The third-order valence-electron chi connectivity index (χ3n) is 6.14. The fourth-order valence-corrected chi connectivity index (χ4v) is 6.14. The van der Waals surface area contributed by atoms with Gasteiger partial charge in [0.15, 0.2) is 11.5 Å². The fourth-order valence-electron chi connectivity index (χ4n) is 4.99. The van der Waals surface area contributed by atoms with Gasteiger partial charge < -0.3 is 9.47 Å². The van der Waals surface area contributed by atoms with E-state index in [0.717, 1.165) is 42.3 Å². The number of likely N-dealkylation sites (tertiary alicyclic amines) is 1. The average molecular weight is 401 g/mol. The molecular weight excluding hydrogens is 376 g/mol. The maximum atomic E-state index is 12.4. The van der Waals surface area contributed by atoms with E-state index in [-0.39, 0.29) is 12.8 Å². The summed E-state index contributed by atoms with van der Waals surface area (Å²) < 4.78 is 37.7. The fraction of sp³-hybridized carbons (Fsp3) is 0.429. The number of sulfonamides is 1. The first-order chi connectivity index (χ1) is 13.5. The van der Waals surface area contributed by atoms with Gasteiger partial charge in [-0.1, -0.05) is 42.5 Å². The molecule has 148 valence electrons. The molecule has 0 aromatic heterocycles. The predicted molar refractivity (Wildman–Crippen MR) is 106 cm³/mol. The Morgan fingerprint density at radius 3 is 2.61 bits per heavy atom. The zero-order chi connectivity index (χ0) is 19.3. The van der Waals surface area contributed by atoms with Gasteiger partial charge in [0.1, 0.15) is 0 Å². The first-order valence-corrected chi connectivity index (χ1v) is 11.5. The van der Waals surface area contributed by atoms with Crippen molar-refractivity contribution in [3.8, 4) is 11.5 Å². The van der Waals surface area contributed by atoms with E-state index < -0.39 is 10.0 Å². The van der Waals surface area contributed by atoms with Crippen molar-refractivity contribution in [3.05, 3.63) is 59.7 Å². The van der Waals surface area contributed by atoms with E-state index in [1.165, 1.54) is 6.26 Å². The molecule has 3 aliphatic heterocycles. The van der Waals surface area contributed by atoms with Crippen LogP contribution >= 0.6 is 0 Å². The van der Waals surface area contributed by atoms with Gasteiger partial charge in [-0.25, -0.2) is 8.42 Å². The van der Waals surface area contributed by atoms with E-state index in [0.29, 0.717) is 18.4 Å². The number of para-hydroxylation sites is 1. The van der Waals surface area contributed by atoms with Gasteiger partial charge in [-0.2, -0.15) is 4.31 Å². The van der Waals surface area contributed by atoms with Crippen molar-refractivity contribution in [2.24, 2.45) is 11.8 Å². The molecule has 2 aromatic carbocycles. The smallest absolute Gasteiger partial charge is 0.231 e. The molecule has 0 bridgehead atoms. The summed E-state index contributed by atoms with van der Waals surface area (Å²) in [5.41, 5.74) is 2.21. The molecule has 0 unspecified atom stereocenters. The molecule has 2 aromatic rings. The highest BCUT2D eigenvalue weighted by Gasteiger charge is 2.50. The number of hydrogen-bond acceptors (Lipinski definition) is 5. The van der Waals surface area contributed by atoms with Crippen molar-refractivity contribution in [1.82, 2.24) is 9.21 Å². The Hall–Kier alpha value is -2.09. The summed E-state index contributed by atoms with van der Waals surface area (Å²) in [5.74, 6) is 2.29. The van der Waals surface area contributed by atoms with E-state index in [9.17, 15) is 8.42 Å². The lowest BCUT2D eigenvalue weighted by molar-refractivity contribution is 0.172. The molecule has 3 heterocycles. The molecule has 6 nitrogen and oxygen atoms in total. The van der Waals surface area contributed by atoms with Gasteiger partial charge in [0.05, 0.1) is 12.3 Å². The minimum atomic E-state index is -3.25. The van der Waals surface area contributed by atoms with Crippen LogP contribution in [-0.4, -0.2) is 50.3 Å². The molecule has 0 aliphatic carbocycles. The number of hydrogen-bond donors (Lipinski definition) is 0. The van der Waals surface area contributed by atoms with Gasteiger partial charge in [0, 0.05) is 31.7 Å². The molecule has 0 N–H and O–H groups in total. The molecule has 7 heteroatoms. The summed E-state index contributed by atoms with van der Waals surface area (Å²) in [4.78, 5) is 2.42. The first kappa shape index (κ1) is 18.0. The zero-order valence-electron chi connectivity index (χ0n) is 15.8. The quantitative estimate of drug-likeness (QED) is 0.789. The van der Waals surface area contributed by atoms with Crippen molar-refractivity contribution in [2.75, 3.05) is 32.7 Å². The van der Waals surface area contributed by atoms with E-state index in [4.69, 9.17) is 9.47 Å². The monoisotopic (exact) mass is 400 g/mol. The molecule has 5 rings (SSSR count). The van der Waals surface area contributed by atoms with Gasteiger partial charge in [0.25, 0.3) is 0 Å². The lowest BCUT2D eigenvalue weighted by Gasteiger charge is -2.28. The minimum absolute atomic E-state index is 0.0905. The third kappa shape index (κ3) is 3.07. The number of benzene rings is 2. The molecule has 3 atom stereocenters. The lowest BCUT2D eigenvalue weighted by Crippen LogP contribution is -2.35. The number of ether oxygens (including phenoxy) is 2. The zero-order valence-corrected chi connectivity index (χ0v) is 16.6. The van der Waals surface area contributed by atoms with Crippen LogP contribution in [0.25, 0.3) is 0 Å². The summed E-state index contributed by atoms with van der Waals surface area (Å²) in [7, 11) is -3.25. The van der Waals surface area contributed by atoms with Crippen LogP contribution in [0.2, 0.25) is 0 Å². The Morgan fingerprint density at radius 1 is 1.00 bits per heavy atom. The second-order valence-corrected chi connectivity index (χ2v) is 9.89. The molecule has 2 fully saturated rings. The minimum Gasteiger partial charge on any atom is -0.454 e. The molecule has 2 saturated heterocycles. The predicted octanol–water partition coefficient (Wildman–Crippen LogP) is 2.48. The average Bonchev–Trinajstić information content (AvgIpc) is 3.36. The van der Waals surface area contributed by atoms with E-state index >= 15 is 0 Å². The number of fused-ring (bicyclic) bond motifs is 2. The molecule has 0 spiro atoms. The summed E-state index contributed by atoms with van der Waals surface area (Å²) in [6, 6.07) is 16.0. The topological polar surface area (TPSA) is 59.1 Å². The Balaban J connectivity index is 1.39. The van der Waals surface area contributed by atoms with Crippen molar-refractivity contribution in [3.63, 3.8) is 0 Å². The van der Waals surface area contributed by atoms with Crippen LogP contribution in [0.4, 0.5) is 0 Å². The highest BCUT2D eigenvalue weighted by molar-refractivity contribution is 7.88. The normalized spacial score (nSPS) is 27.2. The van der Waals surface area contributed by atoms with E-state index in [1.54, 1.807) is 4.31 Å². The van der Waals surface area contributed by atoms with Crippen LogP contribution in [0.1, 0.15) is 17.2 Å². The molecule has 0 radical (unpaired) electrons. The Labute approximate surface area is 165 Å². The second kappa shape index (κ2) is 6.76. The van der Waals surface area contributed by atoms with Crippen molar-refractivity contribution >= 4 is 10.0 Å². The number of rotatable bonds is 4. The van der Waals surface area contributed by atoms with Crippen molar-refractivity contribution in [1.29, 1.82) is 0 Å². The number of nitrogens with zero attached hydrogens (tertiary/aromatic N) is 2. The summed E-state index contributed by atoms with van der Waals surface area (Å²) in [6.07, 6.45) is 1.33. The maximum absolute atomic E-state index is 12.4. The molecular formula is C21H24N2O4S. The highest BCUT2D eigenvalue weighted by atomic mass is 32.2. The second-order valence-electron chi connectivity index (χ2n) is 7.96. The lowest BCUT2D eigenvalue weighted by atomic mass is 9.90. The van der Waals surface area contributed by atoms with E-state index in [1.807, 2.05) is 42.5 Å². The maximum Gasteiger partial charge on any atom is 0.231 e. The summed E-state index contributed by atoms with van der Waals surface area (Å²) >= 11 is 0. The molecule has 28 heavy (non-hydrogen) atoms. The van der Waals surface area contributed by atoms with Crippen molar-refractivity contribution in [2.45, 2.75) is 12.6 Å².